The molecule has 2 rings (SSSR count). The number of hydrogen-bond acceptors (Lipinski definition) is 3. The fraction of sp³-hybridized carbons (Fsp3) is 0.231. The van der Waals surface area contributed by atoms with Crippen LogP contribution in [-0.2, 0) is 13.5 Å². The first-order chi connectivity index (χ1) is 8.58. The Morgan fingerprint density at radius 2 is 2.22 bits per heavy atom. The molecular weight excluding hydrogens is 294 g/mol. The van der Waals surface area contributed by atoms with Gasteiger partial charge in [-0.3, -0.25) is 9.48 Å². The zero-order valence-corrected chi connectivity index (χ0v) is 11.6. The minimum absolute atomic E-state index is 0.0791. The summed E-state index contributed by atoms with van der Waals surface area (Å²) >= 11 is 3.37. The first kappa shape index (κ1) is 12.8. The number of nitrogens with two attached hydrogens (primary N) is 1. The van der Waals surface area contributed by atoms with Crippen molar-refractivity contribution >= 4 is 27.4 Å². The largest absolute Gasteiger partial charge is 0.399 e. The molecule has 0 unspecified atom stereocenters. The van der Waals surface area contributed by atoms with Crippen molar-refractivity contribution < 1.29 is 4.79 Å². The van der Waals surface area contributed by atoms with Gasteiger partial charge in [-0.05, 0) is 30.7 Å². The molecule has 0 radical (unpaired) electrons. The van der Waals surface area contributed by atoms with Crippen LogP contribution in [-0.4, -0.2) is 15.6 Å². The second-order valence-corrected chi connectivity index (χ2v) is 4.96. The Morgan fingerprint density at radius 3 is 2.89 bits per heavy atom. The molecule has 1 aromatic heterocycles. The number of hydrogen-bond donors (Lipinski definition) is 1. The second-order valence-electron chi connectivity index (χ2n) is 4.11. The minimum Gasteiger partial charge on any atom is -0.399 e. The molecule has 18 heavy (non-hydrogen) atoms. The lowest BCUT2D eigenvalue weighted by Crippen LogP contribution is -2.06. The highest BCUT2D eigenvalue weighted by atomic mass is 79.9. The molecule has 0 atom stereocenters. The van der Waals surface area contributed by atoms with Crippen LogP contribution in [0.5, 0.6) is 0 Å². The van der Waals surface area contributed by atoms with Gasteiger partial charge in [0.1, 0.15) is 0 Å². The van der Waals surface area contributed by atoms with Gasteiger partial charge in [0.05, 0.1) is 0 Å². The van der Waals surface area contributed by atoms with Crippen LogP contribution in [0.25, 0.3) is 0 Å². The highest BCUT2D eigenvalue weighted by molar-refractivity contribution is 9.10. The zero-order chi connectivity index (χ0) is 13.1. The number of nitrogens with zero attached hydrogens (tertiary/aromatic N) is 2. The van der Waals surface area contributed by atoms with Crippen molar-refractivity contribution in [2.45, 2.75) is 12.8 Å². The third-order valence-electron chi connectivity index (χ3n) is 2.82. The van der Waals surface area contributed by atoms with E-state index in [1.165, 1.54) is 0 Å². The Morgan fingerprint density at radius 1 is 1.44 bits per heavy atom. The van der Waals surface area contributed by atoms with Crippen LogP contribution in [0.3, 0.4) is 0 Å². The van der Waals surface area contributed by atoms with E-state index in [1.54, 1.807) is 29.1 Å². The third-order valence-corrected chi connectivity index (χ3v) is 3.51. The van der Waals surface area contributed by atoms with Crippen LogP contribution in [0.15, 0.2) is 34.9 Å². The van der Waals surface area contributed by atoms with Crippen LogP contribution >= 0.6 is 15.9 Å². The molecule has 0 saturated heterocycles. The number of nitrogen functional groups attached to an aromatic ring is 1. The summed E-state index contributed by atoms with van der Waals surface area (Å²) < 4.78 is 2.56. The van der Waals surface area contributed by atoms with E-state index in [-0.39, 0.29) is 5.78 Å². The summed E-state index contributed by atoms with van der Waals surface area (Å²) in [5.41, 5.74) is 7.97. The quantitative estimate of drug-likeness (QED) is 0.697. The Balaban J connectivity index is 2.08. The summed E-state index contributed by atoms with van der Waals surface area (Å²) in [6, 6.07) is 7.19. The van der Waals surface area contributed by atoms with Crippen LogP contribution < -0.4 is 5.73 Å². The number of Topliss-reactive ketones (excluding diaryl/α,β-unsaturated/α-hetero) is 1. The van der Waals surface area contributed by atoms with E-state index in [1.807, 2.05) is 13.1 Å². The van der Waals surface area contributed by atoms with Gasteiger partial charge < -0.3 is 5.73 Å². The van der Waals surface area contributed by atoms with Crippen LogP contribution in [0.1, 0.15) is 22.5 Å². The number of anilines is 1. The highest BCUT2D eigenvalue weighted by Gasteiger charge is 2.11. The Kier molecular flexibility index (Phi) is 3.81. The van der Waals surface area contributed by atoms with Crippen molar-refractivity contribution in [2.75, 3.05) is 5.73 Å². The van der Waals surface area contributed by atoms with Crippen molar-refractivity contribution in [3.63, 3.8) is 0 Å². The third kappa shape index (κ3) is 2.79. The van der Waals surface area contributed by atoms with Crippen LogP contribution in [0.2, 0.25) is 0 Å². The van der Waals surface area contributed by atoms with E-state index in [0.29, 0.717) is 24.1 Å². The number of aryl methyl sites for hydroxylation is 2. The fourth-order valence-corrected chi connectivity index (χ4v) is 2.25. The molecule has 0 fully saturated rings. The first-order valence-corrected chi connectivity index (χ1v) is 6.42. The Bertz CT molecular complexity index is 577. The number of rotatable bonds is 4. The molecule has 2 aromatic rings. The highest BCUT2D eigenvalue weighted by Crippen LogP contribution is 2.21. The topological polar surface area (TPSA) is 60.9 Å². The molecule has 0 bridgehead atoms. The summed E-state index contributed by atoms with van der Waals surface area (Å²) in [6.45, 7) is 0. The number of halogens is 1. The van der Waals surface area contributed by atoms with Gasteiger partial charge in [0, 0.05) is 41.1 Å². The molecule has 0 amide bonds. The summed E-state index contributed by atoms with van der Waals surface area (Å²) in [6.07, 6.45) is 2.86. The molecule has 5 heteroatoms. The van der Waals surface area contributed by atoms with Crippen LogP contribution in [0.4, 0.5) is 5.69 Å². The van der Waals surface area contributed by atoms with Gasteiger partial charge in [0.25, 0.3) is 0 Å². The fourth-order valence-electron chi connectivity index (χ4n) is 1.78. The second kappa shape index (κ2) is 5.35. The van der Waals surface area contributed by atoms with Gasteiger partial charge in [-0.15, -0.1) is 0 Å². The maximum atomic E-state index is 12.1. The van der Waals surface area contributed by atoms with E-state index in [9.17, 15) is 4.79 Å². The molecule has 0 spiro atoms. The van der Waals surface area contributed by atoms with E-state index in [2.05, 4.69) is 21.0 Å². The molecule has 1 heterocycles. The minimum atomic E-state index is 0.0791. The van der Waals surface area contributed by atoms with Gasteiger partial charge in [-0.2, -0.15) is 5.10 Å². The summed E-state index contributed by atoms with van der Waals surface area (Å²) in [4.78, 5) is 12.1. The van der Waals surface area contributed by atoms with E-state index in [4.69, 9.17) is 5.73 Å². The SMILES string of the molecule is Cn1nccc1CCC(=O)c1cc(N)ccc1Br. The molecular formula is C13H14BrN3O. The molecule has 2 N–H and O–H groups in total. The zero-order valence-electron chi connectivity index (χ0n) is 10.1. The average Bonchev–Trinajstić information content (AvgIpc) is 2.75. The van der Waals surface area contributed by atoms with E-state index >= 15 is 0 Å². The number of carbonyl (C=O) groups is 1. The lowest BCUT2D eigenvalue weighted by Gasteiger charge is -2.05. The number of ketones is 1. The predicted octanol–water partition coefficient (Wildman–Crippen LogP) is 2.58. The standard InChI is InChI=1S/C13H14BrN3O/c1-17-10(6-7-16-17)3-5-13(18)11-8-9(15)2-4-12(11)14/h2,4,6-8H,3,5,15H2,1H3. The lowest BCUT2D eigenvalue weighted by molar-refractivity contribution is 0.0981. The molecule has 94 valence electrons. The maximum absolute atomic E-state index is 12.1. The Hall–Kier alpha value is -1.62. The van der Waals surface area contributed by atoms with Crippen LogP contribution in [0, 0.1) is 0 Å². The van der Waals surface area contributed by atoms with Gasteiger partial charge in [-0.1, -0.05) is 15.9 Å². The first-order valence-electron chi connectivity index (χ1n) is 5.63. The number of carbonyl (C=O) groups excluding carboxylic acids is 1. The smallest absolute Gasteiger partial charge is 0.164 e. The predicted molar refractivity (Wildman–Crippen MR) is 74.4 cm³/mol. The number of benzene rings is 1. The van der Waals surface area contributed by atoms with E-state index < -0.39 is 0 Å². The van der Waals surface area contributed by atoms with Crippen molar-refractivity contribution in [3.05, 3.63) is 46.2 Å². The molecule has 1 aromatic carbocycles. The van der Waals surface area contributed by atoms with Gasteiger partial charge in [0.2, 0.25) is 0 Å². The van der Waals surface area contributed by atoms with Gasteiger partial charge in [-0.25, -0.2) is 0 Å². The monoisotopic (exact) mass is 307 g/mol. The van der Waals surface area contributed by atoms with Gasteiger partial charge >= 0.3 is 0 Å². The summed E-state index contributed by atoms with van der Waals surface area (Å²) in [5.74, 6) is 0.0791. The average molecular weight is 308 g/mol. The molecule has 0 aliphatic carbocycles. The van der Waals surface area contributed by atoms with Gasteiger partial charge in [0.15, 0.2) is 5.78 Å². The molecule has 0 saturated carbocycles. The lowest BCUT2D eigenvalue weighted by atomic mass is 10.0. The molecule has 4 nitrogen and oxygen atoms in total. The molecule has 0 aliphatic heterocycles. The van der Waals surface area contributed by atoms with Crippen molar-refractivity contribution in [1.82, 2.24) is 9.78 Å². The van der Waals surface area contributed by atoms with Crippen molar-refractivity contribution in [3.8, 4) is 0 Å². The Labute approximate surface area is 114 Å². The molecule has 0 aliphatic rings. The van der Waals surface area contributed by atoms with E-state index in [0.717, 1.165) is 10.2 Å². The summed E-state index contributed by atoms with van der Waals surface area (Å²) in [7, 11) is 1.87. The maximum Gasteiger partial charge on any atom is 0.164 e. The van der Waals surface area contributed by atoms with Crippen molar-refractivity contribution in [1.29, 1.82) is 0 Å². The normalized spacial score (nSPS) is 10.6. The van der Waals surface area contributed by atoms with Crippen molar-refractivity contribution in [2.24, 2.45) is 7.05 Å². The number of aromatic nitrogens is 2. The summed E-state index contributed by atoms with van der Waals surface area (Å²) in [5, 5.41) is 4.08.